The lowest BCUT2D eigenvalue weighted by atomic mass is 10.1. The van der Waals surface area contributed by atoms with Gasteiger partial charge in [0, 0.05) is 17.6 Å². The second-order valence-corrected chi connectivity index (χ2v) is 10.4. The minimum absolute atomic E-state index is 0.0566. The molecule has 30 heavy (non-hydrogen) atoms. The Hall–Kier alpha value is -1.93. The van der Waals surface area contributed by atoms with Gasteiger partial charge in [-0.25, -0.2) is 13.1 Å². The van der Waals surface area contributed by atoms with E-state index in [4.69, 9.17) is 16.3 Å². The van der Waals surface area contributed by atoms with Gasteiger partial charge >= 0.3 is 0 Å². The first-order chi connectivity index (χ1) is 13.9. The molecule has 0 heterocycles. The largest absolute Gasteiger partial charge is 0.374 e. The predicted octanol–water partition coefficient (Wildman–Crippen LogP) is 4.27. The molecule has 0 atom stereocenters. The van der Waals surface area contributed by atoms with E-state index in [2.05, 4.69) is 10.0 Å². The van der Waals surface area contributed by atoms with Crippen LogP contribution < -0.4 is 10.0 Å². The predicted molar refractivity (Wildman–Crippen MR) is 119 cm³/mol. The molecule has 0 saturated carbocycles. The van der Waals surface area contributed by atoms with Crippen molar-refractivity contribution >= 4 is 27.5 Å². The van der Waals surface area contributed by atoms with E-state index in [1.807, 2.05) is 38.1 Å². The fourth-order valence-corrected chi connectivity index (χ4v) is 4.63. The van der Waals surface area contributed by atoms with E-state index in [9.17, 15) is 13.2 Å². The molecule has 0 spiro atoms. The third-order valence-corrected chi connectivity index (χ3v) is 6.19. The average Bonchev–Trinajstić information content (AvgIpc) is 2.63. The van der Waals surface area contributed by atoms with Gasteiger partial charge < -0.3 is 10.1 Å². The van der Waals surface area contributed by atoms with Crippen LogP contribution in [0, 0.1) is 0 Å². The summed E-state index contributed by atoms with van der Waals surface area (Å²) in [6.07, 6.45) is 0.136. The topological polar surface area (TPSA) is 84.5 Å². The molecule has 0 aliphatic rings. The van der Waals surface area contributed by atoms with Gasteiger partial charge in [-0.05, 0) is 63.9 Å². The van der Waals surface area contributed by atoms with Gasteiger partial charge in [0.15, 0.2) is 0 Å². The zero-order chi connectivity index (χ0) is 22.5. The number of carbonyl (C=O) groups excluding carboxylic acids is 1. The standard InChI is InChI=1S/C22H29ClN2O4S/c1-15(2)29-14-17-8-6-7-16(11-17)13-24-21(26)18-9-10-19(23)20(12-18)30(27,28)25-22(3,4)5/h6-12,15,25H,13-14H2,1-5H3,(H,24,26). The van der Waals surface area contributed by atoms with Crippen LogP contribution in [0.1, 0.15) is 56.1 Å². The molecule has 1 amide bonds. The first kappa shape index (κ1) is 24.3. The Morgan fingerprint density at radius 2 is 1.77 bits per heavy atom. The van der Waals surface area contributed by atoms with Crippen molar-refractivity contribution in [2.24, 2.45) is 0 Å². The van der Waals surface area contributed by atoms with Gasteiger partial charge in [0.2, 0.25) is 10.0 Å². The van der Waals surface area contributed by atoms with Crippen molar-refractivity contribution in [3.8, 4) is 0 Å². The summed E-state index contributed by atoms with van der Waals surface area (Å²) in [7, 11) is -3.87. The number of ether oxygens (including phenoxy) is 1. The minimum atomic E-state index is -3.87. The highest BCUT2D eigenvalue weighted by Gasteiger charge is 2.25. The molecule has 0 saturated heterocycles. The molecule has 2 aromatic rings. The maximum Gasteiger partial charge on any atom is 0.251 e. The molecule has 2 aromatic carbocycles. The van der Waals surface area contributed by atoms with Crippen molar-refractivity contribution in [3.05, 3.63) is 64.2 Å². The van der Waals surface area contributed by atoms with E-state index >= 15 is 0 Å². The zero-order valence-electron chi connectivity index (χ0n) is 18.0. The number of benzene rings is 2. The number of rotatable bonds is 8. The smallest absolute Gasteiger partial charge is 0.251 e. The molecule has 0 fully saturated rings. The summed E-state index contributed by atoms with van der Waals surface area (Å²) < 4.78 is 33.4. The monoisotopic (exact) mass is 452 g/mol. The number of amides is 1. The maximum absolute atomic E-state index is 12.6. The maximum atomic E-state index is 12.6. The highest BCUT2D eigenvalue weighted by molar-refractivity contribution is 7.89. The van der Waals surface area contributed by atoms with Crippen molar-refractivity contribution in [1.82, 2.24) is 10.0 Å². The molecule has 2 N–H and O–H groups in total. The first-order valence-corrected chi connectivity index (χ1v) is 11.5. The van der Waals surface area contributed by atoms with Crippen LogP contribution >= 0.6 is 11.6 Å². The van der Waals surface area contributed by atoms with E-state index in [1.54, 1.807) is 20.8 Å². The Bertz CT molecular complexity index is 998. The molecule has 0 aliphatic carbocycles. The van der Waals surface area contributed by atoms with Crippen LogP contribution in [0.4, 0.5) is 0 Å². The molecular formula is C22H29ClN2O4S. The van der Waals surface area contributed by atoms with Gasteiger partial charge in [-0.3, -0.25) is 4.79 Å². The van der Waals surface area contributed by atoms with Crippen molar-refractivity contribution in [2.45, 2.75) is 64.3 Å². The van der Waals surface area contributed by atoms with E-state index < -0.39 is 15.6 Å². The number of halogens is 1. The fraction of sp³-hybridized carbons (Fsp3) is 0.409. The highest BCUT2D eigenvalue weighted by atomic mass is 35.5. The van der Waals surface area contributed by atoms with E-state index in [1.165, 1.54) is 18.2 Å². The fourth-order valence-electron chi connectivity index (χ4n) is 2.69. The minimum Gasteiger partial charge on any atom is -0.374 e. The van der Waals surface area contributed by atoms with Crippen molar-refractivity contribution in [2.75, 3.05) is 0 Å². The van der Waals surface area contributed by atoms with Crippen LogP contribution in [0.25, 0.3) is 0 Å². The van der Waals surface area contributed by atoms with Gasteiger partial charge in [0.25, 0.3) is 5.91 Å². The summed E-state index contributed by atoms with van der Waals surface area (Å²) in [5, 5.41) is 2.87. The van der Waals surface area contributed by atoms with E-state index in [0.717, 1.165) is 11.1 Å². The molecule has 0 bridgehead atoms. The van der Waals surface area contributed by atoms with Crippen LogP contribution in [-0.2, 0) is 27.9 Å². The van der Waals surface area contributed by atoms with Crippen LogP contribution in [0.2, 0.25) is 5.02 Å². The average molecular weight is 453 g/mol. The third kappa shape index (κ3) is 7.40. The molecule has 2 rings (SSSR count). The zero-order valence-corrected chi connectivity index (χ0v) is 19.5. The summed E-state index contributed by atoms with van der Waals surface area (Å²) in [6, 6.07) is 12.0. The van der Waals surface area contributed by atoms with Crippen LogP contribution in [0.3, 0.4) is 0 Å². The Morgan fingerprint density at radius 1 is 1.10 bits per heavy atom. The van der Waals surface area contributed by atoms with Gasteiger partial charge in [0.1, 0.15) is 4.90 Å². The number of hydrogen-bond acceptors (Lipinski definition) is 4. The van der Waals surface area contributed by atoms with Crippen LogP contribution in [-0.4, -0.2) is 26.0 Å². The summed E-state index contributed by atoms with van der Waals surface area (Å²) in [4.78, 5) is 12.5. The first-order valence-electron chi connectivity index (χ1n) is 9.68. The van der Waals surface area contributed by atoms with Crippen LogP contribution in [0.5, 0.6) is 0 Å². The number of sulfonamides is 1. The molecule has 0 aliphatic heterocycles. The van der Waals surface area contributed by atoms with Gasteiger partial charge in [0.05, 0.1) is 17.7 Å². The van der Waals surface area contributed by atoms with Crippen molar-refractivity contribution in [1.29, 1.82) is 0 Å². The Kier molecular flexibility index (Phi) is 8.05. The molecule has 0 aromatic heterocycles. The second kappa shape index (κ2) is 9.92. The highest BCUT2D eigenvalue weighted by Crippen LogP contribution is 2.24. The quantitative estimate of drug-likeness (QED) is 0.626. The normalized spacial score (nSPS) is 12.2. The van der Waals surface area contributed by atoms with Gasteiger partial charge in [-0.1, -0.05) is 35.9 Å². The number of nitrogens with one attached hydrogen (secondary N) is 2. The SMILES string of the molecule is CC(C)OCc1cccc(CNC(=O)c2ccc(Cl)c(S(=O)(=O)NC(C)(C)C)c2)c1. The van der Waals surface area contributed by atoms with E-state index in [0.29, 0.717) is 13.2 Å². The van der Waals surface area contributed by atoms with Gasteiger partial charge in [-0.2, -0.15) is 0 Å². The lowest BCUT2D eigenvalue weighted by molar-refractivity contribution is 0.0657. The Morgan fingerprint density at radius 3 is 2.40 bits per heavy atom. The van der Waals surface area contributed by atoms with Crippen molar-refractivity contribution in [3.63, 3.8) is 0 Å². The van der Waals surface area contributed by atoms with Crippen molar-refractivity contribution < 1.29 is 17.9 Å². The Balaban J connectivity index is 2.12. The summed E-state index contributed by atoms with van der Waals surface area (Å²) >= 11 is 6.09. The molecule has 0 unspecified atom stereocenters. The van der Waals surface area contributed by atoms with E-state index in [-0.39, 0.29) is 27.5 Å². The molecule has 0 radical (unpaired) electrons. The summed E-state index contributed by atoms with van der Waals surface area (Å²) in [6.45, 7) is 9.95. The Labute approximate surface area is 184 Å². The molecule has 164 valence electrons. The lowest BCUT2D eigenvalue weighted by Crippen LogP contribution is -2.40. The number of carbonyl (C=O) groups is 1. The lowest BCUT2D eigenvalue weighted by Gasteiger charge is -2.21. The molecule has 6 nitrogen and oxygen atoms in total. The molecule has 8 heteroatoms. The van der Waals surface area contributed by atoms with Gasteiger partial charge in [-0.15, -0.1) is 0 Å². The second-order valence-electron chi connectivity index (χ2n) is 8.36. The molecular weight excluding hydrogens is 424 g/mol. The summed E-state index contributed by atoms with van der Waals surface area (Å²) in [5.41, 5.74) is 1.48. The summed E-state index contributed by atoms with van der Waals surface area (Å²) in [5.74, 6) is -0.386. The third-order valence-electron chi connectivity index (χ3n) is 3.95. The number of hydrogen-bond donors (Lipinski definition) is 2. The van der Waals surface area contributed by atoms with Crippen LogP contribution in [0.15, 0.2) is 47.4 Å².